The van der Waals surface area contributed by atoms with Crippen LogP contribution in [0.3, 0.4) is 0 Å². The van der Waals surface area contributed by atoms with Crippen LogP contribution in [0.25, 0.3) is 0 Å². The molecule has 4 rings (SSSR count). The van der Waals surface area contributed by atoms with Gasteiger partial charge in [0.25, 0.3) is 5.91 Å². The topological polar surface area (TPSA) is 71.1 Å². The van der Waals surface area contributed by atoms with E-state index in [9.17, 15) is 9.59 Å². The van der Waals surface area contributed by atoms with Crippen LogP contribution in [0.4, 0.5) is 5.69 Å². The summed E-state index contributed by atoms with van der Waals surface area (Å²) in [6.07, 6.45) is 5.52. The number of carbonyl (C=O) groups excluding carboxylic acids is 2. The highest BCUT2D eigenvalue weighted by atomic mass is 32.2. The van der Waals surface area contributed by atoms with Gasteiger partial charge in [0.2, 0.25) is 0 Å². The van der Waals surface area contributed by atoms with Crippen molar-refractivity contribution in [2.75, 3.05) is 11.1 Å². The summed E-state index contributed by atoms with van der Waals surface area (Å²) >= 11 is 3.57. The van der Waals surface area contributed by atoms with E-state index < -0.39 is 0 Å². The first-order chi connectivity index (χ1) is 15.7. The van der Waals surface area contributed by atoms with Crippen molar-refractivity contribution >= 4 is 40.5 Å². The highest BCUT2D eigenvalue weighted by Crippen LogP contribution is 2.50. The number of dihydropyridines is 1. The van der Waals surface area contributed by atoms with Gasteiger partial charge in [0.05, 0.1) is 16.1 Å². The first kappa shape index (κ1) is 23.8. The standard InChI is InChI=1S/C26H31N3O2S2/c1-6-17-11-18(25(33-17)32-7-2)22-21(24(31)29-16-9-8-10-27-14-16)15(3)28-19-12-26(4,5)13-20(30)23(19)22/h8-11,14,22,28H,6-7,12-13H2,1-5H3,(H,29,31)/t22-/m0/s1. The van der Waals surface area contributed by atoms with Crippen LogP contribution in [0, 0.1) is 5.41 Å². The first-order valence-electron chi connectivity index (χ1n) is 11.4. The van der Waals surface area contributed by atoms with Crippen LogP contribution in [0.15, 0.2) is 57.3 Å². The number of hydrogen-bond donors (Lipinski definition) is 2. The molecule has 2 aliphatic rings. The molecule has 1 amide bonds. The van der Waals surface area contributed by atoms with Crippen molar-refractivity contribution in [1.82, 2.24) is 10.3 Å². The van der Waals surface area contributed by atoms with E-state index in [0.717, 1.165) is 41.1 Å². The van der Waals surface area contributed by atoms with Gasteiger partial charge in [-0.3, -0.25) is 14.6 Å². The quantitative estimate of drug-likeness (QED) is 0.491. The van der Waals surface area contributed by atoms with Gasteiger partial charge in [-0.25, -0.2) is 0 Å². The van der Waals surface area contributed by atoms with Crippen LogP contribution in [-0.4, -0.2) is 22.4 Å². The summed E-state index contributed by atoms with van der Waals surface area (Å²) in [5, 5.41) is 6.46. The number of ketones is 1. The van der Waals surface area contributed by atoms with E-state index in [-0.39, 0.29) is 23.0 Å². The fraction of sp³-hybridized carbons (Fsp3) is 0.423. The van der Waals surface area contributed by atoms with Crippen molar-refractivity contribution in [3.05, 3.63) is 63.6 Å². The molecule has 1 aliphatic carbocycles. The third-order valence-corrected chi connectivity index (χ3v) is 8.59. The Bertz CT molecular complexity index is 1150. The smallest absolute Gasteiger partial charge is 0.254 e. The number of anilines is 1. The molecule has 0 fully saturated rings. The van der Waals surface area contributed by atoms with E-state index in [1.165, 1.54) is 9.09 Å². The summed E-state index contributed by atoms with van der Waals surface area (Å²) in [4.78, 5) is 32.6. The zero-order valence-electron chi connectivity index (χ0n) is 19.9. The maximum Gasteiger partial charge on any atom is 0.254 e. The van der Waals surface area contributed by atoms with Crippen LogP contribution in [-0.2, 0) is 16.0 Å². The molecule has 33 heavy (non-hydrogen) atoms. The second-order valence-electron chi connectivity index (χ2n) is 9.37. The Kier molecular flexibility index (Phi) is 6.82. The van der Waals surface area contributed by atoms with Crippen molar-refractivity contribution < 1.29 is 9.59 Å². The first-order valence-corrected chi connectivity index (χ1v) is 13.2. The molecule has 174 valence electrons. The summed E-state index contributed by atoms with van der Waals surface area (Å²) in [6, 6.07) is 5.83. The molecule has 0 saturated carbocycles. The number of rotatable bonds is 6. The number of Topliss-reactive ketones (excluding diaryl/α,β-unsaturated/α-hetero) is 1. The Morgan fingerprint density at radius 1 is 1.33 bits per heavy atom. The molecule has 2 N–H and O–H groups in total. The summed E-state index contributed by atoms with van der Waals surface area (Å²) in [5.74, 6) is 0.509. The second-order valence-corrected chi connectivity index (χ2v) is 12.0. The number of hydrogen-bond acceptors (Lipinski definition) is 6. The van der Waals surface area contributed by atoms with Gasteiger partial charge < -0.3 is 10.6 Å². The lowest BCUT2D eigenvalue weighted by Gasteiger charge is -2.39. The summed E-state index contributed by atoms with van der Waals surface area (Å²) < 4.78 is 1.20. The molecule has 0 spiro atoms. The molecule has 2 aromatic heterocycles. The van der Waals surface area contributed by atoms with Crippen LogP contribution in [0.1, 0.15) is 63.8 Å². The average Bonchev–Trinajstić information content (AvgIpc) is 3.15. The summed E-state index contributed by atoms with van der Waals surface area (Å²) in [6.45, 7) is 10.5. The lowest BCUT2D eigenvalue weighted by molar-refractivity contribution is -0.118. The fourth-order valence-electron chi connectivity index (χ4n) is 4.74. The number of thiophene rings is 1. The number of allylic oxidation sites excluding steroid dienone is 3. The molecule has 0 unspecified atom stereocenters. The molecule has 3 heterocycles. The number of amides is 1. The minimum absolute atomic E-state index is 0.104. The molecule has 2 aromatic rings. The number of carbonyl (C=O) groups is 2. The number of nitrogens with one attached hydrogen (secondary N) is 2. The van der Waals surface area contributed by atoms with E-state index >= 15 is 0 Å². The van der Waals surface area contributed by atoms with Gasteiger partial charge in [-0.1, -0.05) is 27.7 Å². The van der Waals surface area contributed by atoms with E-state index in [4.69, 9.17) is 0 Å². The molecular weight excluding hydrogens is 450 g/mol. The monoisotopic (exact) mass is 481 g/mol. The second kappa shape index (κ2) is 9.47. The zero-order chi connectivity index (χ0) is 23.8. The number of nitrogens with zero attached hydrogens (tertiary/aromatic N) is 1. The average molecular weight is 482 g/mol. The lowest BCUT2D eigenvalue weighted by Crippen LogP contribution is -2.39. The fourth-order valence-corrected chi connectivity index (χ4v) is 7.12. The third-order valence-electron chi connectivity index (χ3n) is 6.11. The van der Waals surface area contributed by atoms with Crippen molar-refractivity contribution in [3.63, 3.8) is 0 Å². The Hall–Kier alpha value is -2.38. The van der Waals surface area contributed by atoms with Gasteiger partial charge in [-0.05, 0) is 54.7 Å². The van der Waals surface area contributed by atoms with Gasteiger partial charge >= 0.3 is 0 Å². The lowest BCUT2D eigenvalue weighted by atomic mass is 9.69. The molecule has 7 heteroatoms. The van der Waals surface area contributed by atoms with Gasteiger partial charge in [0, 0.05) is 46.0 Å². The van der Waals surface area contributed by atoms with Gasteiger partial charge in [0.1, 0.15) is 0 Å². The maximum atomic E-state index is 13.6. The molecular formula is C26H31N3O2S2. The van der Waals surface area contributed by atoms with Crippen molar-refractivity contribution in [2.45, 2.75) is 64.0 Å². The number of aryl methyl sites for hydroxylation is 1. The largest absolute Gasteiger partial charge is 0.362 e. The Morgan fingerprint density at radius 2 is 2.12 bits per heavy atom. The SMILES string of the molecule is CCSc1sc(CC)cc1[C@H]1C(C(=O)Nc2cccnc2)=C(C)NC2=C1C(=O)CC(C)(C)C2. The Balaban J connectivity index is 1.86. The van der Waals surface area contributed by atoms with Gasteiger partial charge in [0.15, 0.2) is 5.78 Å². The van der Waals surface area contributed by atoms with E-state index in [1.807, 2.05) is 13.0 Å². The Morgan fingerprint density at radius 3 is 2.79 bits per heavy atom. The van der Waals surface area contributed by atoms with Crippen molar-refractivity contribution in [3.8, 4) is 0 Å². The third kappa shape index (κ3) is 4.80. The molecule has 1 aliphatic heterocycles. The molecule has 0 radical (unpaired) electrons. The minimum Gasteiger partial charge on any atom is -0.362 e. The van der Waals surface area contributed by atoms with Crippen molar-refractivity contribution in [1.29, 1.82) is 0 Å². The predicted molar refractivity (Wildman–Crippen MR) is 137 cm³/mol. The number of pyridine rings is 1. The van der Waals surface area contributed by atoms with Crippen molar-refractivity contribution in [2.24, 2.45) is 5.41 Å². The Labute approximate surface area is 204 Å². The van der Waals surface area contributed by atoms with Crippen LogP contribution in [0.5, 0.6) is 0 Å². The van der Waals surface area contributed by atoms with Crippen LogP contribution < -0.4 is 10.6 Å². The van der Waals surface area contributed by atoms with Gasteiger partial charge in [-0.2, -0.15) is 0 Å². The predicted octanol–water partition coefficient (Wildman–Crippen LogP) is 6.06. The van der Waals surface area contributed by atoms with E-state index in [2.05, 4.69) is 49.4 Å². The summed E-state index contributed by atoms with van der Waals surface area (Å²) in [7, 11) is 0. The number of aromatic nitrogens is 1. The molecule has 0 bridgehead atoms. The molecule has 0 aromatic carbocycles. The normalized spacial score (nSPS) is 19.9. The zero-order valence-corrected chi connectivity index (χ0v) is 21.5. The minimum atomic E-state index is -0.368. The van der Waals surface area contributed by atoms with E-state index in [0.29, 0.717) is 17.7 Å². The van der Waals surface area contributed by atoms with Crippen LogP contribution in [0.2, 0.25) is 0 Å². The molecule has 1 atom stereocenters. The highest BCUT2D eigenvalue weighted by Gasteiger charge is 2.43. The van der Waals surface area contributed by atoms with Crippen LogP contribution >= 0.6 is 23.1 Å². The van der Waals surface area contributed by atoms with E-state index in [1.54, 1.807) is 41.6 Å². The number of thioether (sulfide) groups is 1. The summed E-state index contributed by atoms with van der Waals surface area (Å²) in [5.41, 5.74) is 4.77. The highest BCUT2D eigenvalue weighted by molar-refractivity contribution is 8.01. The van der Waals surface area contributed by atoms with Gasteiger partial charge in [-0.15, -0.1) is 23.1 Å². The maximum absolute atomic E-state index is 13.6. The molecule has 0 saturated heterocycles. The molecule has 5 nitrogen and oxygen atoms in total.